The Morgan fingerprint density at radius 1 is 1.14 bits per heavy atom. The van der Waals surface area contributed by atoms with Gasteiger partial charge in [-0.2, -0.15) is 0 Å². The summed E-state index contributed by atoms with van der Waals surface area (Å²) < 4.78 is 28.3. The van der Waals surface area contributed by atoms with Gasteiger partial charge in [-0.05, 0) is 48.7 Å². The van der Waals surface area contributed by atoms with Crippen molar-refractivity contribution in [3.8, 4) is 0 Å². The highest BCUT2D eigenvalue weighted by atomic mass is 35.5. The molecule has 2 heterocycles. The van der Waals surface area contributed by atoms with Crippen molar-refractivity contribution in [2.24, 2.45) is 15.9 Å². The topological polar surface area (TPSA) is 82.9 Å². The standard InChI is InChI=1S/C21H21ClN4O2S/c1-2-15-9-10-19(22)21-23-13-14-5-3-7-17(11-14)26-29(27,28)18-8-4-6-16(12-18)24-20(15)25-21/h3-8,10-12,15,26H,2,9,13H2,1H3,(H,23,24,25). The average molecular weight is 429 g/mol. The van der Waals surface area contributed by atoms with Crippen molar-refractivity contribution in [2.45, 2.75) is 31.2 Å². The van der Waals surface area contributed by atoms with Crippen LogP contribution in [0.25, 0.3) is 0 Å². The van der Waals surface area contributed by atoms with Crippen molar-refractivity contribution >= 4 is 44.7 Å². The van der Waals surface area contributed by atoms with Crippen molar-refractivity contribution in [3.63, 3.8) is 0 Å². The van der Waals surface area contributed by atoms with Gasteiger partial charge in [0.1, 0.15) is 5.84 Å². The second-order valence-corrected chi connectivity index (χ2v) is 9.08. The van der Waals surface area contributed by atoms with Crippen molar-refractivity contribution in [1.82, 2.24) is 0 Å². The Hall–Kier alpha value is -2.64. The molecule has 0 aromatic heterocycles. The van der Waals surface area contributed by atoms with Gasteiger partial charge < -0.3 is 5.32 Å². The van der Waals surface area contributed by atoms with Crippen LogP contribution in [0.3, 0.4) is 0 Å². The van der Waals surface area contributed by atoms with Crippen LogP contribution in [0.2, 0.25) is 0 Å². The molecule has 0 aliphatic carbocycles. The number of amidine groups is 2. The maximum absolute atomic E-state index is 12.9. The van der Waals surface area contributed by atoms with E-state index in [0.717, 1.165) is 24.2 Å². The fourth-order valence-corrected chi connectivity index (χ4v) is 4.60. The van der Waals surface area contributed by atoms with Gasteiger partial charge in [-0.1, -0.05) is 42.8 Å². The second kappa shape index (κ2) is 8.00. The number of fused-ring (bicyclic) bond motifs is 5. The maximum Gasteiger partial charge on any atom is 0.261 e. The number of anilines is 2. The van der Waals surface area contributed by atoms with Crippen molar-refractivity contribution in [3.05, 3.63) is 65.2 Å². The van der Waals surface area contributed by atoms with Gasteiger partial charge in [0.25, 0.3) is 10.0 Å². The average Bonchev–Trinajstić information content (AvgIpc) is 2.84. The molecule has 0 radical (unpaired) electrons. The van der Waals surface area contributed by atoms with E-state index in [1.165, 1.54) is 0 Å². The van der Waals surface area contributed by atoms with Crippen LogP contribution in [0.15, 0.2) is 74.5 Å². The van der Waals surface area contributed by atoms with E-state index in [0.29, 0.717) is 28.8 Å². The van der Waals surface area contributed by atoms with E-state index < -0.39 is 10.0 Å². The molecular weight excluding hydrogens is 408 g/mol. The van der Waals surface area contributed by atoms with Crippen molar-refractivity contribution < 1.29 is 8.42 Å². The normalized spacial score (nSPS) is 20.6. The molecule has 6 bridgehead atoms. The van der Waals surface area contributed by atoms with E-state index in [1.807, 2.05) is 18.2 Å². The summed E-state index contributed by atoms with van der Waals surface area (Å²) in [4.78, 5) is 9.49. The van der Waals surface area contributed by atoms with Crippen LogP contribution < -0.4 is 10.0 Å². The second-order valence-electron chi connectivity index (χ2n) is 6.99. The third-order valence-electron chi connectivity index (χ3n) is 4.91. The number of benzene rings is 2. The lowest BCUT2D eigenvalue weighted by Crippen LogP contribution is -2.23. The first-order chi connectivity index (χ1) is 13.9. The largest absolute Gasteiger partial charge is 0.343 e. The Labute approximate surface area is 175 Å². The molecule has 1 unspecified atom stereocenters. The van der Waals surface area contributed by atoms with Crippen LogP contribution >= 0.6 is 11.6 Å². The minimum Gasteiger partial charge on any atom is -0.343 e. The zero-order chi connectivity index (χ0) is 20.4. The fourth-order valence-electron chi connectivity index (χ4n) is 3.31. The predicted molar refractivity (Wildman–Crippen MR) is 118 cm³/mol. The van der Waals surface area contributed by atoms with E-state index in [2.05, 4.69) is 22.0 Å². The Morgan fingerprint density at radius 2 is 1.93 bits per heavy atom. The first-order valence-electron chi connectivity index (χ1n) is 9.42. The highest BCUT2D eigenvalue weighted by molar-refractivity contribution is 7.92. The molecule has 150 valence electrons. The Bertz CT molecular complexity index is 1140. The zero-order valence-electron chi connectivity index (χ0n) is 15.9. The number of sulfonamides is 1. The molecule has 0 saturated heterocycles. The molecule has 2 aliphatic heterocycles. The van der Waals surface area contributed by atoms with Crippen LogP contribution in [0.5, 0.6) is 0 Å². The molecule has 0 amide bonds. The lowest BCUT2D eigenvalue weighted by molar-refractivity contribution is 0.601. The highest BCUT2D eigenvalue weighted by Gasteiger charge is 2.21. The van der Waals surface area contributed by atoms with Gasteiger partial charge in [0, 0.05) is 17.3 Å². The molecule has 6 nitrogen and oxygen atoms in total. The van der Waals surface area contributed by atoms with Crippen LogP contribution in [-0.2, 0) is 16.6 Å². The lowest BCUT2D eigenvalue weighted by atomic mass is 10.0. The minimum absolute atomic E-state index is 0.131. The summed E-state index contributed by atoms with van der Waals surface area (Å²) in [7, 11) is -3.72. The summed E-state index contributed by atoms with van der Waals surface area (Å²) >= 11 is 6.45. The number of rotatable bonds is 1. The molecule has 0 spiro atoms. The summed E-state index contributed by atoms with van der Waals surface area (Å²) in [5.74, 6) is 1.34. The molecule has 2 aromatic carbocycles. The van der Waals surface area contributed by atoms with Crippen LogP contribution in [0, 0.1) is 5.92 Å². The van der Waals surface area contributed by atoms with E-state index in [9.17, 15) is 8.42 Å². The quantitative estimate of drug-likeness (QED) is 0.686. The van der Waals surface area contributed by atoms with Crippen molar-refractivity contribution in [2.75, 3.05) is 10.0 Å². The highest BCUT2D eigenvalue weighted by Crippen LogP contribution is 2.25. The SMILES string of the molecule is CCC1CC=C(Cl)C2=NCc3cccc(c3)NS(=O)(=O)c3cccc(c3)NC1=N2. The summed E-state index contributed by atoms with van der Waals surface area (Å²) in [5, 5.41) is 3.82. The molecule has 0 saturated carbocycles. The molecule has 2 N–H and O–H groups in total. The number of hydrogen-bond donors (Lipinski definition) is 2. The van der Waals surface area contributed by atoms with E-state index in [4.69, 9.17) is 16.6 Å². The minimum atomic E-state index is -3.72. The predicted octanol–water partition coefficient (Wildman–Crippen LogP) is 4.76. The third-order valence-corrected chi connectivity index (χ3v) is 6.61. The third kappa shape index (κ3) is 4.36. The van der Waals surface area contributed by atoms with Gasteiger partial charge in [0.05, 0.1) is 16.5 Å². The van der Waals surface area contributed by atoms with Gasteiger partial charge in [0.15, 0.2) is 5.84 Å². The maximum atomic E-state index is 12.9. The summed E-state index contributed by atoms with van der Waals surface area (Å²) in [5.41, 5.74) is 1.98. The number of allylic oxidation sites excluding steroid dienone is 1. The summed E-state index contributed by atoms with van der Waals surface area (Å²) in [6, 6.07) is 13.9. The van der Waals surface area contributed by atoms with Crippen LogP contribution in [0.4, 0.5) is 11.4 Å². The monoisotopic (exact) mass is 428 g/mol. The molecule has 0 fully saturated rings. The van der Waals surface area contributed by atoms with Gasteiger partial charge in [-0.15, -0.1) is 0 Å². The van der Waals surface area contributed by atoms with E-state index in [1.54, 1.807) is 36.4 Å². The van der Waals surface area contributed by atoms with Crippen molar-refractivity contribution in [1.29, 1.82) is 0 Å². The first-order valence-corrected chi connectivity index (χ1v) is 11.3. The number of hydrogen-bond acceptors (Lipinski definition) is 5. The molecule has 29 heavy (non-hydrogen) atoms. The van der Waals surface area contributed by atoms with E-state index >= 15 is 0 Å². The Kier molecular flexibility index (Phi) is 5.43. The molecule has 8 heteroatoms. The van der Waals surface area contributed by atoms with E-state index in [-0.39, 0.29) is 10.8 Å². The van der Waals surface area contributed by atoms with Gasteiger partial charge >= 0.3 is 0 Å². The fraction of sp³-hybridized carbons (Fsp3) is 0.238. The zero-order valence-corrected chi connectivity index (χ0v) is 17.5. The number of nitrogens with one attached hydrogen (secondary N) is 2. The summed E-state index contributed by atoms with van der Waals surface area (Å²) in [6.45, 7) is 2.42. The van der Waals surface area contributed by atoms with Crippen LogP contribution in [0.1, 0.15) is 25.3 Å². The lowest BCUT2D eigenvalue weighted by Gasteiger charge is -2.18. The van der Waals surface area contributed by atoms with Gasteiger partial charge in [-0.3, -0.25) is 9.71 Å². The smallest absolute Gasteiger partial charge is 0.261 e. The first kappa shape index (κ1) is 19.7. The van der Waals surface area contributed by atoms with Gasteiger partial charge in [0.2, 0.25) is 0 Å². The molecule has 2 aliphatic rings. The number of aliphatic imine (C=N–C) groups is 2. The molecule has 1 atom stereocenters. The van der Waals surface area contributed by atoms with Crippen LogP contribution in [-0.4, -0.2) is 20.1 Å². The molecule has 2 aromatic rings. The number of nitrogens with zero attached hydrogens (tertiary/aromatic N) is 2. The molecular formula is C21H21ClN4O2S. The molecule has 4 rings (SSSR count). The Balaban J connectivity index is 1.88. The Morgan fingerprint density at radius 3 is 2.76 bits per heavy atom. The summed E-state index contributed by atoms with van der Waals surface area (Å²) in [6.07, 6.45) is 3.54. The van der Waals surface area contributed by atoms with Gasteiger partial charge in [-0.25, -0.2) is 13.4 Å². The number of halogens is 1.